The molecule has 13 heavy (non-hydrogen) atoms. The molecule has 0 aliphatic carbocycles. The van der Waals surface area contributed by atoms with E-state index in [0.29, 0.717) is 24.5 Å². The Labute approximate surface area is 77.7 Å². The molecule has 0 fully saturated rings. The molecule has 0 saturated carbocycles. The molecule has 0 amide bonds. The van der Waals surface area contributed by atoms with E-state index in [4.69, 9.17) is 15.2 Å². The summed E-state index contributed by atoms with van der Waals surface area (Å²) in [5.41, 5.74) is 6.28. The third-order valence-electron chi connectivity index (χ3n) is 1.75. The maximum Gasteiger partial charge on any atom is 0.182 e. The highest BCUT2D eigenvalue weighted by Crippen LogP contribution is 2.28. The maximum absolute atomic E-state index is 5.44. The minimum absolute atomic E-state index is 0.552. The maximum atomic E-state index is 5.44. The number of methoxy groups -OCH3 is 2. The van der Waals surface area contributed by atoms with Gasteiger partial charge in [-0.1, -0.05) is 0 Å². The second-order valence-corrected chi connectivity index (χ2v) is 2.53. The van der Waals surface area contributed by atoms with Crippen LogP contribution in [0.2, 0.25) is 0 Å². The topological polar surface area (TPSA) is 57.4 Å². The summed E-state index contributed by atoms with van der Waals surface area (Å²) >= 11 is 0. The van der Waals surface area contributed by atoms with Crippen LogP contribution in [0.4, 0.5) is 0 Å². The van der Waals surface area contributed by atoms with Gasteiger partial charge < -0.3 is 15.2 Å². The van der Waals surface area contributed by atoms with Gasteiger partial charge in [-0.05, 0) is 6.54 Å². The molecule has 0 radical (unpaired) electrons. The van der Waals surface area contributed by atoms with Crippen molar-refractivity contribution < 1.29 is 9.47 Å². The van der Waals surface area contributed by atoms with Crippen LogP contribution in [0.5, 0.6) is 11.5 Å². The molecule has 1 rings (SSSR count). The quantitative estimate of drug-likeness (QED) is 0.740. The zero-order valence-electron chi connectivity index (χ0n) is 7.91. The SMILES string of the molecule is COc1ccnc(CCN)c1OC. The summed E-state index contributed by atoms with van der Waals surface area (Å²) in [6.07, 6.45) is 2.38. The van der Waals surface area contributed by atoms with Crippen molar-refractivity contribution in [1.82, 2.24) is 4.98 Å². The third-order valence-corrected chi connectivity index (χ3v) is 1.75. The Morgan fingerprint density at radius 3 is 2.69 bits per heavy atom. The van der Waals surface area contributed by atoms with Crippen LogP contribution in [-0.2, 0) is 6.42 Å². The highest BCUT2D eigenvalue weighted by atomic mass is 16.5. The number of nitrogens with two attached hydrogens (primary N) is 1. The second-order valence-electron chi connectivity index (χ2n) is 2.53. The lowest BCUT2D eigenvalue weighted by molar-refractivity contribution is 0.349. The van der Waals surface area contributed by atoms with Crippen LogP contribution in [0, 0.1) is 0 Å². The van der Waals surface area contributed by atoms with Crippen LogP contribution >= 0.6 is 0 Å². The number of ether oxygens (including phenoxy) is 2. The minimum atomic E-state index is 0.552. The van der Waals surface area contributed by atoms with E-state index < -0.39 is 0 Å². The third kappa shape index (κ3) is 2.09. The first kappa shape index (κ1) is 9.80. The highest BCUT2D eigenvalue weighted by Gasteiger charge is 2.09. The first-order valence-corrected chi connectivity index (χ1v) is 4.09. The van der Waals surface area contributed by atoms with Gasteiger partial charge >= 0.3 is 0 Å². The summed E-state index contributed by atoms with van der Waals surface area (Å²) in [7, 11) is 3.20. The summed E-state index contributed by atoms with van der Waals surface area (Å²) < 4.78 is 10.3. The number of aromatic nitrogens is 1. The molecule has 0 aliphatic rings. The summed E-state index contributed by atoms with van der Waals surface area (Å²) in [6.45, 7) is 0.552. The van der Waals surface area contributed by atoms with Crippen LogP contribution in [-0.4, -0.2) is 25.7 Å². The van der Waals surface area contributed by atoms with Crippen LogP contribution < -0.4 is 15.2 Å². The lowest BCUT2D eigenvalue weighted by atomic mass is 10.2. The van der Waals surface area contributed by atoms with E-state index in [1.807, 2.05) is 0 Å². The number of pyridine rings is 1. The van der Waals surface area contributed by atoms with Crippen molar-refractivity contribution in [3.05, 3.63) is 18.0 Å². The fourth-order valence-electron chi connectivity index (χ4n) is 1.17. The van der Waals surface area contributed by atoms with Crippen molar-refractivity contribution >= 4 is 0 Å². The van der Waals surface area contributed by atoms with Crippen molar-refractivity contribution in [2.24, 2.45) is 5.73 Å². The van der Waals surface area contributed by atoms with E-state index in [-0.39, 0.29) is 0 Å². The van der Waals surface area contributed by atoms with Crippen molar-refractivity contribution in [2.75, 3.05) is 20.8 Å². The van der Waals surface area contributed by atoms with Gasteiger partial charge in [-0.2, -0.15) is 0 Å². The van der Waals surface area contributed by atoms with Gasteiger partial charge in [-0.15, -0.1) is 0 Å². The molecular formula is C9H14N2O2. The van der Waals surface area contributed by atoms with E-state index >= 15 is 0 Å². The number of hydrogen-bond acceptors (Lipinski definition) is 4. The van der Waals surface area contributed by atoms with Gasteiger partial charge in [-0.3, -0.25) is 4.98 Å². The fraction of sp³-hybridized carbons (Fsp3) is 0.444. The Balaban J connectivity index is 3.03. The molecule has 0 atom stereocenters. The Morgan fingerprint density at radius 2 is 2.15 bits per heavy atom. The molecule has 1 aromatic rings. The molecule has 4 heteroatoms. The van der Waals surface area contributed by atoms with Crippen molar-refractivity contribution in [3.8, 4) is 11.5 Å². The molecule has 0 saturated heterocycles. The van der Waals surface area contributed by atoms with Crippen molar-refractivity contribution in [2.45, 2.75) is 6.42 Å². The number of nitrogens with zero attached hydrogens (tertiary/aromatic N) is 1. The molecule has 0 aliphatic heterocycles. The average Bonchev–Trinajstić information content (AvgIpc) is 2.18. The Morgan fingerprint density at radius 1 is 1.38 bits per heavy atom. The summed E-state index contributed by atoms with van der Waals surface area (Å²) in [5.74, 6) is 1.37. The molecule has 0 aromatic carbocycles. The zero-order valence-corrected chi connectivity index (χ0v) is 7.91. The molecule has 1 aromatic heterocycles. The van der Waals surface area contributed by atoms with E-state index in [9.17, 15) is 0 Å². The van der Waals surface area contributed by atoms with Gasteiger partial charge in [0.2, 0.25) is 0 Å². The summed E-state index contributed by atoms with van der Waals surface area (Å²) in [4.78, 5) is 4.16. The molecular weight excluding hydrogens is 168 g/mol. The molecule has 0 bridgehead atoms. The lowest BCUT2D eigenvalue weighted by Crippen LogP contribution is -2.06. The van der Waals surface area contributed by atoms with Gasteiger partial charge in [0.05, 0.1) is 19.9 Å². The second kappa shape index (κ2) is 4.67. The van der Waals surface area contributed by atoms with Crippen molar-refractivity contribution in [1.29, 1.82) is 0 Å². The molecule has 0 spiro atoms. The van der Waals surface area contributed by atoms with Crippen molar-refractivity contribution in [3.63, 3.8) is 0 Å². The molecule has 2 N–H and O–H groups in total. The van der Waals surface area contributed by atoms with Gasteiger partial charge in [0, 0.05) is 18.7 Å². The standard InChI is InChI=1S/C9H14N2O2/c1-12-8-4-6-11-7(3-5-10)9(8)13-2/h4,6H,3,5,10H2,1-2H3. The lowest BCUT2D eigenvalue weighted by Gasteiger charge is -2.10. The molecule has 1 heterocycles. The molecule has 72 valence electrons. The smallest absolute Gasteiger partial charge is 0.182 e. The first-order chi connectivity index (χ1) is 6.33. The van der Waals surface area contributed by atoms with E-state index in [2.05, 4.69) is 4.98 Å². The van der Waals surface area contributed by atoms with Crippen LogP contribution in [0.3, 0.4) is 0 Å². The zero-order chi connectivity index (χ0) is 9.68. The van der Waals surface area contributed by atoms with Gasteiger partial charge in [-0.25, -0.2) is 0 Å². The molecule has 0 unspecified atom stereocenters. The van der Waals surface area contributed by atoms with Gasteiger partial charge in [0.25, 0.3) is 0 Å². The minimum Gasteiger partial charge on any atom is -0.493 e. The van der Waals surface area contributed by atoms with E-state index in [0.717, 1.165) is 5.69 Å². The van der Waals surface area contributed by atoms with Crippen LogP contribution in [0.1, 0.15) is 5.69 Å². The Kier molecular flexibility index (Phi) is 3.52. The normalized spacial score (nSPS) is 9.77. The first-order valence-electron chi connectivity index (χ1n) is 4.09. The number of hydrogen-bond donors (Lipinski definition) is 1. The number of rotatable bonds is 4. The largest absolute Gasteiger partial charge is 0.493 e. The van der Waals surface area contributed by atoms with E-state index in [1.54, 1.807) is 26.5 Å². The van der Waals surface area contributed by atoms with Gasteiger partial charge in [0.15, 0.2) is 11.5 Å². The fourth-order valence-corrected chi connectivity index (χ4v) is 1.17. The van der Waals surface area contributed by atoms with Crippen LogP contribution in [0.15, 0.2) is 12.3 Å². The molecule has 4 nitrogen and oxygen atoms in total. The monoisotopic (exact) mass is 182 g/mol. The Hall–Kier alpha value is -1.29. The summed E-state index contributed by atoms with van der Waals surface area (Å²) in [6, 6.07) is 1.76. The summed E-state index contributed by atoms with van der Waals surface area (Å²) in [5, 5.41) is 0. The predicted molar refractivity (Wildman–Crippen MR) is 50.1 cm³/mol. The average molecular weight is 182 g/mol. The van der Waals surface area contributed by atoms with Gasteiger partial charge in [0.1, 0.15) is 0 Å². The highest BCUT2D eigenvalue weighted by molar-refractivity contribution is 5.42. The van der Waals surface area contributed by atoms with Crippen LogP contribution in [0.25, 0.3) is 0 Å². The van der Waals surface area contributed by atoms with E-state index in [1.165, 1.54) is 0 Å². The predicted octanol–water partition coefficient (Wildman–Crippen LogP) is 0.600. The Bertz CT molecular complexity index is 276.